The second-order valence-corrected chi connectivity index (χ2v) is 12.0. The molecule has 1 N–H and O–H groups in total. The lowest BCUT2D eigenvalue weighted by molar-refractivity contribution is 0.00312. The van der Waals surface area contributed by atoms with Crippen molar-refractivity contribution < 1.29 is 9.50 Å². The molecule has 2 aromatic rings. The summed E-state index contributed by atoms with van der Waals surface area (Å²) in [6.45, 7) is 2.66. The summed E-state index contributed by atoms with van der Waals surface area (Å²) >= 11 is 0. The van der Waals surface area contributed by atoms with Gasteiger partial charge in [0, 0.05) is 30.4 Å². The first-order valence-corrected chi connectivity index (χ1v) is 13.6. The fourth-order valence-electron chi connectivity index (χ4n) is 8.28. The van der Waals surface area contributed by atoms with Crippen LogP contribution in [0, 0.1) is 17.3 Å². The van der Waals surface area contributed by atoms with Crippen molar-refractivity contribution in [2.24, 2.45) is 17.3 Å². The van der Waals surface area contributed by atoms with Gasteiger partial charge < -0.3 is 10.0 Å². The normalized spacial score (nSPS) is 36.7. The standard InChI is InChI=1S/C31H39FN2O/c1-30-12-9-22-18-25-5-6-26(34(2)16-14-32)19-31(25,35)13-10-27(22)29(30)8-7-28(30)23-4-3-21-11-15-33-20-24(21)17-23/h3-4,9,11,15,17-18,20,26-29,35H,5-8,10,12-14,16,19H2,1-2H3. The third-order valence-electron chi connectivity index (χ3n) is 10.4. The zero-order chi connectivity index (χ0) is 24.2. The Morgan fingerprint density at radius 1 is 1.14 bits per heavy atom. The Bertz CT molecular complexity index is 1170. The number of allylic oxidation sites excluding steroid dienone is 3. The van der Waals surface area contributed by atoms with Crippen molar-refractivity contribution in [2.75, 3.05) is 20.3 Å². The molecule has 0 bridgehead atoms. The van der Waals surface area contributed by atoms with Gasteiger partial charge in [0.05, 0.1) is 5.60 Å². The summed E-state index contributed by atoms with van der Waals surface area (Å²) in [5.41, 5.74) is 3.70. The van der Waals surface area contributed by atoms with Gasteiger partial charge in [-0.25, -0.2) is 4.39 Å². The Hall–Kier alpha value is -2.04. The smallest absolute Gasteiger partial charge is 0.102 e. The predicted octanol–water partition coefficient (Wildman–Crippen LogP) is 6.59. The monoisotopic (exact) mass is 474 g/mol. The van der Waals surface area contributed by atoms with Gasteiger partial charge in [0.15, 0.2) is 0 Å². The van der Waals surface area contributed by atoms with Crippen molar-refractivity contribution in [3.8, 4) is 0 Å². The molecule has 6 rings (SSSR count). The van der Waals surface area contributed by atoms with E-state index in [1.807, 2.05) is 19.4 Å². The number of rotatable bonds is 4. The second-order valence-electron chi connectivity index (χ2n) is 12.0. The summed E-state index contributed by atoms with van der Waals surface area (Å²) in [6, 6.07) is 9.35. The SMILES string of the molecule is CN(CCF)C1CCC2=CC3=CCC4(C)C(c5ccc6ccncc6c5)CCC4C3CCC2(O)C1. The van der Waals surface area contributed by atoms with Crippen LogP contribution in [-0.4, -0.2) is 46.9 Å². The van der Waals surface area contributed by atoms with E-state index in [1.54, 1.807) is 0 Å². The summed E-state index contributed by atoms with van der Waals surface area (Å²) in [5.74, 6) is 1.75. The number of hydrogen-bond acceptors (Lipinski definition) is 3. The lowest BCUT2D eigenvalue weighted by Gasteiger charge is -2.44. The highest BCUT2D eigenvalue weighted by atomic mass is 19.1. The molecular weight excluding hydrogens is 435 g/mol. The van der Waals surface area contributed by atoms with Gasteiger partial charge in [-0.3, -0.25) is 4.98 Å². The molecule has 2 saturated carbocycles. The Kier molecular flexibility index (Phi) is 5.88. The van der Waals surface area contributed by atoms with E-state index in [0.29, 0.717) is 24.3 Å². The van der Waals surface area contributed by atoms with Crippen LogP contribution in [0.3, 0.4) is 0 Å². The van der Waals surface area contributed by atoms with Gasteiger partial charge in [-0.15, -0.1) is 0 Å². The molecule has 6 atom stereocenters. The van der Waals surface area contributed by atoms with Gasteiger partial charge in [0.2, 0.25) is 0 Å². The van der Waals surface area contributed by atoms with Gasteiger partial charge in [0.1, 0.15) is 6.67 Å². The average molecular weight is 475 g/mol. The Labute approximate surface area is 209 Å². The maximum absolute atomic E-state index is 13.0. The van der Waals surface area contributed by atoms with Gasteiger partial charge in [-0.05, 0) is 116 Å². The van der Waals surface area contributed by atoms with E-state index >= 15 is 0 Å². The van der Waals surface area contributed by atoms with Crippen molar-refractivity contribution in [2.45, 2.75) is 75.9 Å². The van der Waals surface area contributed by atoms with Crippen LogP contribution in [0.5, 0.6) is 0 Å². The first kappa shape index (κ1) is 23.4. The van der Waals surface area contributed by atoms with E-state index in [4.69, 9.17) is 0 Å². The highest BCUT2D eigenvalue weighted by Gasteiger charge is 2.53. The van der Waals surface area contributed by atoms with Crippen LogP contribution in [-0.2, 0) is 0 Å². The number of alkyl halides is 1. The molecular formula is C31H39FN2O. The number of halogens is 1. The fourth-order valence-corrected chi connectivity index (χ4v) is 8.28. The van der Waals surface area contributed by atoms with Crippen molar-refractivity contribution in [3.63, 3.8) is 0 Å². The summed E-state index contributed by atoms with van der Waals surface area (Å²) in [5, 5.41) is 14.3. The fraction of sp³-hybridized carbons (Fsp3) is 0.581. The van der Waals surface area contributed by atoms with Crippen LogP contribution in [0.4, 0.5) is 4.39 Å². The molecule has 4 aliphatic rings. The van der Waals surface area contributed by atoms with Crippen molar-refractivity contribution in [3.05, 3.63) is 65.5 Å². The minimum Gasteiger partial charge on any atom is -0.385 e. The summed E-state index contributed by atoms with van der Waals surface area (Å²) in [6.07, 6.45) is 16.9. The third-order valence-corrected chi connectivity index (χ3v) is 10.4. The van der Waals surface area contributed by atoms with Crippen LogP contribution in [0.25, 0.3) is 10.8 Å². The first-order chi connectivity index (χ1) is 16.9. The van der Waals surface area contributed by atoms with Gasteiger partial charge in [0.25, 0.3) is 0 Å². The van der Waals surface area contributed by atoms with E-state index in [2.05, 4.69) is 53.2 Å². The zero-order valence-electron chi connectivity index (χ0n) is 21.2. The molecule has 6 unspecified atom stereocenters. The average Bonchev–Trinajstić information content (AvgIpc) is 3.13. The highest BCUT2D eigenvalue weighted by molar-refractivity contribution is 5.82. The number of aliphatic hydroxyl groups is 1. The number of benzene rings is 1. The molecule has 0 spiro atoms. The van der Waals surface area contributed by atoms with E-state index in [1.165, 1.54) is 40.3 Å². The Balaban J connectivity index is 1.26. The number of fused-ring (bicyclic) bond motifs is 5. The molecule has 4 heteroatoms. The van der Waals surface area contributed by atoms with Gasteiger partial charge in [-0.2, -0.15) is 0 Å². The molecule has 1 heterocycles. The van der Waals surface area contributed by atoms with E-state index < -0.39 is 5.60 Å². The summed E-state index contributed by atoms with van der Waals surface area (Å²) in [7, 11) is 2.01. The van der Waals surface area contributed by atoms with Crippen LogP contribution in [0.2, 0.25) is 0 Å². The number of hydrogen-bond donors (Lipinski definition) is 1. The summed E-state index contributed by atoms with van der Waals surface area (Å²) < 4.78 is 13.0. The molecule has 186 valence electrons. The molecule has 0 aliphatic heterocycles. The topological polar surface area (TPSA) is 36.4 Å². The molecule has 2 fully saturated rings. The predicted molar refractivity (Wildman–Crippen MR) is 140 cm³/mol. The Morgan fingerprint density at radius 3 is 2.89 bits per heavy atom. The number of nitrogens with zero attached hydrogens (tertiary/aromatic N) is 2. The lowest BCUT2D eigenvalue weighted by Crippen LogP contribution is -2.46. The van der Waals surface area contributed by atoms with Crippen LogP contribution in [0.15, 0.2) is 60.0 Å². The maximum atomic E-state index is 13.0. The highest BCUT2D eigenvalue weighted by Crippen LogP contribution is 2.62. The maximum Gasteiger partial charge on any atom is 0.102 e. The molecule has 1 aromatic carbocycles. The second kappa shape index (κ2) is 8.81. The number of pyridine rings is 1. The number of aromatic nitrogens is 1. The van der Waals surface area contributed by atoms with E-state index in [-0.39, 0.29) is 18.1 Å². The van der Waals surface area contributed by atoms with Gasteiger partial charge in [-0.1, -0.05) is 31.2 Å². The molecule has 0 radical (unpaired) electrons. The van der Waals surface area contributed by atoms with Crippen molar-refractivity contribution in [1.29, 1.82) is 0 Å². The quantitative estimate of drug-likeness (QED) is 0.543. The minimum absolute atomic E-state index is 0.255. The van der Waals surface area contributed by atoms with Gasteiger partial charge >= 0.3 is 0 Å². The summed E-state index contributed by atoms with van der Waals surface area (Å²) in [4.78, 5) is 6.47. The van der Waals surface area contributed by atoms with Crippen molar-refractivity contribution in [1.82, 2.24) is 9.88 Å². The largest absolute Gasteiger partial charge is 0.385 e. The zero-order valence-corrected chi connectivity index (χ0v) is 21.2. The van der Waals surface area contributed by atoms with Crippen molar-refractivity contribution >= 4 is 10.8 Å². The molecule has 3 nitrogen and oxygen atoms in total. The van der Waals surface area contributed by atoms with Crippen LogP contribution < -0.4 is 0 Å². The molecule has 0 saturated heterocycles. The lowest BCUT2D eigenvalue weighted by atomic mass is 9.60. The van der Waals surface area contributed by atoms with E-state index in [9.17, 15) is 9.50 Å². The Morgan fingerprint density at radius 2 is 2.03 bits per heavy atom. The molecule has 35 heavy (non-hydrogen) atoms. The molecule has 1 aromatic heterocycles. The molecule has 4 aliphatic carbocycles. The van der Waals surface area contributed by atoms with E-state index in [0.717, 1.165) is 38.5 Å². The minimum atomic E-state index is -0.731. The van der Waals surface area contributed by atoms with Crippen LogP contribution >= 0.6 is 0 Å². The third kappa shape index (κ3) is 3.88. The molecule has 0 amide bonds. The first-order valence-electron chi connectivity index (χ1n) is 13.6. The van der Waals surface area contributed by atoms with Crippen LogP contribution in [0.1, 0.15) is 69.8 Å².